The van der Waals surface area contributed by atoms with Gasteiger partial charge in [-0.3, -0.25) is 9.78 Å². The van der Waals surface area contributed by atoms with Crippen LogP contribution in [0.2, 0.25) is 0 Å². The van der Waals surface area contributed by atoms with Crippen molar-refractivity contribution >= 4 is 5.91 Å². The Morgan fingerprint density at radius 1 is 1.00 bits per heavy atom. The number of carbonyl (C=O) groups excluding carboxylic acids is 1. The number of pyridine rings is 1. The largest absolute Gasteiger partial charge is 0.416 e. The number of nitrogens with one attached hydrogen (secondary N) is 1. The highest BCUT2D eigenvalue weighted by Gasteiger charge is 2.32. The van der Waals surface area contributed by atoms with E-state index in [-0.39, 0.29) is 17.7 Å². The van der Waals surface area contributed by atoms with Crippen LogP contribution in [0.3, 0.4) is 0 Å². The summed E-state index contributed by atoms with van der Waals surface area (Å²) in [5.74, 6) is -0.156. The van der Waals surface area contributed by atoms with Gasteiger partial charge in [0.15, 0.2) is 5.82 Å². The third-order valence-corrected chi connectivity index (χ3v) is 3.60. The number of alkyl halides is 3. The molecule has 0 aliphatic rings. The number of benzene rings is 1. The molecule has 0 unspecified atom stereocenters. The summed E-state index contributed by atoms with van der Waals surface area (Å²) in [6.45, 7) is -0.251. The fourth-order valence-corrected chi connectivity index (χ4v) is 2.32. The molecule has 0 fully saturated rings. The summed E-state index contributed by atoms with van der Waals surface area (Å²) >= 11 is 0. The lowest BCUT2D eigenvalue weighted by molar-refractivity contribution is -0.138. The average molecular weight is 358 g/mol. The van der Waals surface area contributed by atoms with Crippen LogP contribution in [0.4, 0.5) is 13.2 Å². The van der Waals surface area contributed by atoms with E-state index in [0.717, 1.165) is 6.07 Å². The summed E-state index contributed by atoms with van der Waals surface area (Å²) in [6, 6.07) is 8.60. The van der Waals surface area contributed by atoms with Crippen molar-refractivity contribution < 1.29 is 18.0 Å². The molecule has 0 spiro atoms. The zero-order chi connectivity index (χ0) is 18.6. The molecular formula is C18H13F3N4O. The van der Waals surface area contributed by atoms with Crippen LogP contribution in [0.1, 0.15) is 21.5 Å². The molecular weight excluding hydrogens is 345 g/mol. The van der Waals surface area contributed by atoms with Crippen molar-refractivity contribution in [3.05, 3.63) is 77.9 Å². The Labute approximate surface area is 147 Å². The molecule has 0 radical (unpaired) electrons. The molecule has 0 atom stereocenters. The van der Waals surface area contributed by atoms with Crippen LogP contribution in [-0.2, 0) is 12.7 Å². The van der Waals surface area contributed by atoms with Crippen LogP contribution in [0, 0.1) is 0 Å². The van der Waals surface area contributed by atoms with Gasteiger partial charge >= 0.3 is 6.18 Å². The van der Waals surface area contributed by atoms with Gasteiger partial charge in [0.1, 0.15) is 0 Å². The van der Waals surface area contributed by atoms with E-state index in [9.17, 15) is 18.0 Å². The van der Waals surface area contributed by atoms with Gasteiger partial charge in [-0.15, -0.1) is 0 Å². The van der Waals surface area contributed by atoms with E-state index in [4.69, 9.17) is 0 Å². The van der Waals surface area contributed by atoms with Crippen LogP contribution in [0.5, 0.6) is 0 Å². The Morgan fingerprint density at radius 3 is 2.38 bits per heavy atom. The van der Waals surface area contributed by atoms with Crippen LogP contribution in [-0.4, -0.2) is 20.9 Å². The van der Waals surface area contributed by atoms with Gasteiger partial charge in [0.05, 0.1) is 11.1 Å². The molecule has 1 aromatic carbocycles. The first-order valence-corrected chi connectivity index (χ1v) is 7.61. The summed E-state index contributed by atoms with van der Waals surface area (Å²) in [4.78, 5) is 24.3. The van der Waals surface area contributed by atoms with Crippen molar-refractivity contribution in [3.63, 3.8) is 0 Å². The normalized spacial score (nSPS) is 11.2. The molecule has 2 heterocycles. The molecule has 132 valence electrons. The zero-order valence-electron chi connectivity index (χ0n) is 13.4. The Kier molecular flexibility index (Phi) is 4.92. The average Bonchev–Trinajstić information content (AvgIpc) is 2.66. The van der Waals surface area contributed by atoms with Gasteiger partial charge in [-0.05, 0) is 23.8 Å². The van der Waals surface area contributed by atoms with E-state index in [0.29, 0.717) is 11.4 Å². The maximum Gasteiger partial charge on any atom is 0.416 e. The lowest BCUT2D eigenvalue weighted by Gasteiger charge is -2.13. The van der Waals surface area contributed by atoms with Gasteiger partial charge < -0.3 is 5.32 Å². The van der Waals surface area contributed by atoms with Gasteiger partial charge in [-0.2, -0.15) is 13.2 Å². The molecule has 8 heteroatoms. The Morgan fingerprint density at radius 2 is 1.73 bits per heavy atom. The number of amides is 1. The SMILES string of the molecule is O=C(NCc1ccccc1C(F)(F)F)c1cnc(-c2cccnc2)nc1. The van der Waals surface area contributed by atoms with Crippen LogP contribution in [0.15, 0.2) is 61.2 Å². The highest BCUT2D eigenvalue weighted by atomic mass is 19.4. The molecule has 26 heavy (non-hydrogen) atoms. The maximum absolute atomic E-state index is 13.0. The first-order chi connectivity index (χ1) is 12.4. The molecule has 0 aliphatic heterocycles. The number of nitrogens with zero attached hydrogens (tertiary/aromatic N) is 3. The number of aromatic nitrogens is 3. The van der Waals surface area contributed by atoms with E-state index in [1.54, 1.807) is 24.5 Å². The molecule has 1 amide bonds. The van der Waals surface area contributed by atoms with Crippen LogP contribution >= 0.6 is 0 Å². The van der Waals surface area contributed by atoms with E-state index >= 15 is 0 Å². The molecule has 0 bridgehead atoms. The van der Waals surface area contributed by atoms with Gasteiger partial charge in [-0.1, -0.05) is 18.2 Å². The molecule has 0 aliphatic carbocycles. The van der Waals surface area contributed by atoms with Crippen molar-refractivity contribution in [2.75, 3.05) is 0 Å². The van der Waals surface area contributed by atoms with Crippen molar-refractivity contribution in [2.24, 2.45) is 0 Å². The van der Waals surface area contributed by atoms with E-state index in [1.165, 1.54) is 30.6 Å². The highest BCUT2D eigenvalue weighted by molar-refractivity contribution is 5.93. The molecule has 0 saturated heterocycles. The standard InChI is InChI=1S/C18H13F3N4O/c19-18(20,21)15-6-2-1-4-12(15)9-25-17(26)14-10-23-16(24-11-14)13-5-3-7-22-8-13/h1-8,10-11H,9H2,(H,25,26). The minimum atomic E-state index is -4.48. The Bertz CT molecular complexity index is 896. The van der Waals surface area contributed by atoms with E-state index in [2.05, 4.69) is 20.3 Å². The van der Waals surface area contributed by atoms with Gasteiger partial charge in [0.25, 0.3) is 5.91 Å². The third-order valence-electron chi connectivity index (χ3n) is 3.60. The van der Waals surface area contributed by atoms with E-state index in [1.807, 2.05) is 0 Å². The second-order valence-corrected chi connectivity index (χ2v) is 5.37. The van der Waals surface area contributed by atoms with Crippen molar-refractivity contribution in [1.29, 1.82) is 0 Å². The minimum absolute atomic E-state index is 0.0127. The molecule has 3 aromatic rings. The fourth-order valence-electron chi connectivity index (χ4n) is 2.32. The number of hydrogen-bond donors (Lipinski definition) is 1. The zero-order valence-corrected chi connectivity index (χ0v) is 13.4. The first kappa shape index (κ1) is 17.5. The highest BCUT2D eigenvalue weighted by Crippen LogP contribution is 2.31. The number of halogens is 3. The summed E-state index contributed by atoms with van der Waals surface area (Å²) < 4.78 is 38.9. The van der Waals surface area contributed by atoms with Crippen molar-refractivity contribution in [3.8, 4) is 11.4 Å². The summed E-state index contributed by atoms with van der Waals surface area (Å²) in [6.07, 6.45) is 1.36. The molecule has 3 rings (SSSR count). The van der Waals surface area contributed by atoms with Crippen LogP contribution < -0.4 is 5.32 Å². The smallest absolute Gasteiger partial charge is 0.348 e. The fraction of sp³-hybridized carbons (Fsp3) is 0.111. The molecule has 5 nitrogen and oxygen atoms in total. The summed E-state index contributed by atoms with van der Waals surface area (Å²) in [5, 5.41) is 2.46. The monoisotopic (exact) mass is 358 g/mol. The summed E-state index contributed by atoms with van der Waals surface area (Å²) in [5.41, 5.74) is 0.0606. The quantitative estimate of drug-likeness (QED) is 0.775. The third kappa shape index (κ3) is 4.02. The van der Waals surface area contributed by atoms with Gasteiger partial charge in [0.2, 0.25) is 0 Å². The predicted molar refractivity (Wildman–Crippen MR) is 87.9 cm³/mol. The predicted octanol–water partition coefficient (Wildman–Crippen LogP) is 3.49. The van der Waals surface area contributed by atoms with Gasteiger partial charge in [0, 0.05) is 36.9 Å². The first-order valence-electron chi connectivity index (χ1n) is 7.61. The van der Waals surface area contributed by atoms with Gasteiger partial charge in [-0.25, -0.2) is 9.97 Å². The number of rotatable bonds is 4. The Hall–Kier alpha value is -3.29. The Balaban J connectivity index is 1.70. The molecule has 2 aromatic heterocycles. The topological polar surface area (TPSA) is 67.8 Å². The second-order valence-electron chi connectivity index (χ2n) is 5.37. The number of carbonyl (C=O) groups is 1. The van der Waals surface area contributed by atoms with Crippen molar-refractivity contribution in [2.45, 2.75) is 12.7 Å². The van der Waals surface area contributed by atoms with Crippen LogP contribution in [0.25, 0.3) is 11.4 Å². The number of hydrogen-bond acceptors (Lipinski definition) is 4. The van der Waals surface area contributed by atoms with E-state index < -0.39 is 17.6 Å². The summed E-state index contributed by atoms with van der Waals surface area (Å²) in [7, 11) is 0. The lowest BCUT2D eigenvalue weighted by Crippen LogP contribution is -2.24. The maximum atomic E-state index is 13.0. The lowest BCUT2D eigenvalue weighted by atomic mass is 10.1. The second kappa shape index (κ2) is 7.30. The molecule has 0 saturated carbocycles. The van der Waals surface area contributed by atoms with Crippen molar-refractivity contribution in [1.82, 2.24) is 20.3 Å². The molecule has 1 N–H and O–H groups in total. The minimum Gasteiger partial charge on any atom is -0.348 e.